The molecule has 1 saturated heterocycles. The third-order valence-electron chi connectivity index (χ3n) is 5.31. The Morgan fingerprint density at radius 3 is 2.48 bits per heavy atom. The molecule has 2 aromatic carbocycles. The van der Waals surface area contributed by atoms with E-state index in [1.807, 2.05) is 18.2 Å². The van der Waals surface area contributed by atoms with E-state index < -0.39 is 11.7 Å². The number of fused-ring (bicyclic) bond motifs is 2. The summed E-state index contributed by atoms with van der Waals surface area (Å²) < 4.78 is 44.6. The molecular formula is C22H22F3NO. The van der Waals surface area contributed by atoms with Gasteiger partial charge in [-0.2, -0.15) is 13.2 Å². The van der Waals surface area contributed by atoms with Gasteiger partial charge >= 0.3 is 6.18 Å². The molecule has 0 N–H and O–H groups in total. The maximum absolute atomic E-state index is 13.0. The molecule has 0 saturated carbocycles. The van der Waals surface area contributed by atoms with Crippen LogP contribution in [0.25, 0.3) is 0 Å². The molecule has 2 aliphatic heterocycles. The van der Waals surface area contributed by atoms with Crippen LogP contribution in [0.3, 0.4) is 0 Å². The molecule has 5 heteroatoms. The van der Waals surface area contributed by atoms with Crippen molar-refractivity contribution < 1.29 is 17.9 Å². The molecule has 0 radical (unpaired) electrons. The van der Waals surface area contributed by atoms with Gasteiger partial charge in [-0.15, -0.1) is 0 Å². The van der Waals surface area contributed by atoms with Gasteiger partial charge in [-0.05, 0) is 30.0 Å². The van der Waals surface area contributed by atoms with Crippen molar-refractivity contribution in [1.82, 2.24) is 4.90 Å². The van der Waals surface area contributed by atoms with Crippen molar-refractivity contribution in [1.29, 1.82) is 0 Å². The summed E-state index contributed by atoms with van der Waals surface area (Å²) >= 11 is 0. The van der Waals surface area contributed by atoms with Gasteiger partial charge in [0.2, 0.25) is 0 Å². The van der Waals surface area contributed by atoms with Crippen molar-refractivity contribution in [3.05, 3.63) is 82.9 Å². The maximum atomic E-state index is 13.0. The quantitative estimate of drug-likeness (QED) is 0.711. The zero-order chi connectivity index (χ0) is 18.9. The van der Waals surface area contributed by atoms with Gasteiger partial charge in [0.15, 0.2) is 0 Å². The van der Waals surface area contributed by atoms with E-state index in [9.17, 15) is 13.2 Å². The first kappa shape index (κ1) is 18.3. The largest absolute Gasteiger partial charge is 0.416 e. The van der Waals surface area contributed by atoms with Crippen LogP contribution >= 0.6 is 0 Å². The Morgan fingerprint density at radius 2 is 1.74 bits per heavy atom. The number of rotatable bonds is 4. The highest BCUT2D eigenvalue weighted by Gasteiger charge is 2.35. The summed E-state index contributed by atoms with van der Waals surface area (Å²) in [6, 6.07) is 16.5. The lowest BCUT2D eigenvalue weighted by molar-refractivity contribution is -0.137. The summed E-state index contributed by atoms with van der Waals surface area (Å²) in [5.74, 6) is 0. The molecule has 2 unspecified atom stereocenters. The summed E-state index contributed by atoms with van der Waals surface area (Å²) in [7, 11) is 0. The molecule has 0 aliphatic carbocycles. The molecule has 4 rings (SSSR count). The van der Waals surface area contributed by atoms with Crippen molar-refractivity contribution in [2.45, 2.75) is 37.6 Å². The monoisotopic (exact) mass is 373 g/mol. The number of ether oxygens (including phenoxy) is 1. The molecule has 0 spiro atoms. The SMILES string of the molecule is FC(F)(F)c1cccc(CC2=CC3COCC(C2)N3Cc2ccccc2)c1. The number of hydrogen-bond donors (Lipinski definition) is 0. The van der Waals surface area contributed by atoms with Crippen LogP contribution in [0, 0.1) is 0 Å². The van der Waals surface area contributed by atoms with Gasteiger partial charge < -0.3 is 4.74 Å². The predicted octanol–water partition coefficient (Wildman–Crippen LogP) is 4.85. The van der Waals surface area contributed by atoms with Gasteiger partial charge in [-0.25, -0.2) is 0 Å². The molecule has 2 aliphatic rings. The minimum absolute atomic E-state index is 0.179. The fraction of sp³-hybridized carbons (Fsp3) is 0.364. The zero-order valence-corrected chi connectivity index (χ0v) is 15.0. The van der Waals surface area contributed by atoms with Crippen molar-refractivity contribution in [2.75, 3.05) is 13.2 Å². The lowest BCUT2D eigenvalue weighted by atomic mass is 9.89. The molecule has 2 bridgehead atoms. The van der Waals surface area contributed by atoms with Gasteiger partial charge in [0.25, 0.3) is 0 Å². The smallest absolute Gasteiger partial charge is 0.378 e. The lowest BCUT2D eigenvalue weighted by Crippen LogP contribution is -2.53. The molecule has 2 nitrogen and oxygen atoms in total. The molecule has 142 valence electrons. The maximum Gasteiger partial charge on any atom is 0.416 e. The first-order valence-electron chi connectivity index (χ1n) is 9.22. The Hall–Kier alpha value is -2.11. The van der Waals surface area contributed by atoms with Crippen LogP contribution in [0.1, 0.15) is 23.1 Å². The van der Waals surface area contributed by atoms with Crippen LogP contribution < -0.4 is 0 Å². The first-order chi connectivity index (χ1) is 13.0. The second-order valence-corrected chi connectivity index (χ2v) is 7.32. The van der Waals surface area contributed by atoms with Gasteiger partial charge in [-0.3, -0.25) is 4.90 Å². The number of nitrogens with zero attached hydrogens (tertiary/aromatic N) is 1. The predicted molar refractivity (Wildman–Crippen MR) is 98.2 cm³/mol. The highest BCUT2D eigenvalue weighted by Crippen LogP contribution is 2.32. The second kappa shape index (κ2) is 7.49. The van der Waals surface area contributed by atoms with Gasteiger partial charge in [0.1, 0.15) is 0 Å². The molecule has 0 amide bonds. The summed E-state index contributed by atoms with van der Waals surface area (Å²) in [6.07, 6.45) is -0.706. The van der Waals surface area contributed by atoms with Gasteiger partial charge in [0, 0.05) is 12.6 Å². The Bertz CT molecular complexity index is 816. The Balaban J connectivity index is 1.51. The lowest BCUT2D eigenvalue weighted by Gasteiger charge is -2.45. The van der Waals surface area contributed by atoms with Crippen molar-refractivity contribution in [3.63, 3.8) is 0 Å². The second-order valence-electron chi connectivity index (χ2n) is 7.32. The van der Waals surface area contributed by atoms with Crippen LogP contribution in [0.2, 0.25) is 0 Å². The standard InChI is InChI=1S/C22H22F3NO/c23-22(24,25)19-8-4-7-17(10-19)9-18-11-20-14-27-15-21(12-18)26(20)13-16-5-2-1-3-6-16/h1-8,10-11,20-21H,9,12-15H2. The van der Waals surface area contributed by atoms with Crippen LogP contribution in [0.15, 0.2) is 66.2 Å². The fourth-order valence-corrected chi connectivity index (χ4v) is 4.04. The highest BCUT2D eigenvalue weighted by atomic mass is 19.4. The Morgan fingerprint density at radius 1 is 0.963 bits per heavy atom. The molecule has 2 heterocycles. The highest BCUT2D eigenvalue weighted by molar-refractivity contribution is 5.31. The summed E-state index contributed by atoms with van der Waals surface area (Å²) in [4.78, 5) is 2.45. The van der Waals surface area contributed by atoms with Crippen LogP contribution in [-0.2, 0) is 23.9 Å². The van der Waals surface area contributed by atoms with Gasteiger partial charge in [-0.1, -0.05) is 60.2 Å². The van der Waals surface area contributed by atoms with E-state index in [4.69, 9.17) is 4.74 Å². The topological polar surface area (TPSA) is 12.5 Å². The first-order valence-corrected chi connectivity index (χ1v) is 9.22. The Labute approximate surface area is 157 Å². The van der Waals surface area contributed by atoms with Crippen molar-refractivity contribution >= 4 is 0 Å². The van der Waals surface area contributed by atoms with Crippen LogP contribution in [-0.4, -0.2) is 30.2 Å². The van der Waals surface area contributed by atoms with Crippen molar-refractivity contribution in [3.8, 4) is 0 Å². The summed E-state index contributed by atoms with van der Waals surface area (Å²) in [5, 5.41) is 0. The molecule has 2 atom stereocenters. The summed E-state index contributed by atoms with van der Waals surface area (Å²) in [5.41, 5.74) is 2.61. The number of morpholine rings is 1. The van der Waals surface area contributed by atoms with E-state index in [0.29, 0.717) is 25.2 Å². The van der Waals surface area contributed by atoms with Crippen LogP contribution in [0.4, 0.5) is 13.2 Å². The minimum Gasteiger partial charge on any atom is -0.378 e. The van der Waals surface area contributed by atoms with E-state index in [2.05, 4.69) is 23.1 Å². The van der Waals surface area contributed by atoms with E-state index >= 15 is 0 Å². The van der Waals surface area contributed by atoms with Crippen LogP contribution in [0.5, 0.6) is 0 Å². The fourth-order valence-electron chi connectivity index (χ4n) is 4.04. The van der Waals surface area contributed by atoms with E-state index in [1.165, 1.54) is 23.3 Å². The van der Waals surface area contributed by atoms with Gasteiger partial charge in [0.05, 0.1) is 24.8 Å². The van der Waals surface area contributed by atoms with E-state index in [-0.39, 0.29) is 12.1 Å². The summed E-state index contributed by atoms with van der Waals surface area (Å²) in [6.45, 7) is 2.17. The molecule has 0 aromatic heterocycles. The van der Waals surface area contributed by atoms with E-state index in [1.54, 1.807) is 6.07 Å². The average Bonchev–Trinajstić information content (AvgIpc) is 2.63. The number of benzene rings is 2. The number of alkyl halides is 3. The Kier molecular flexibility index (Phi) is 5.06. The zero-order valence-electron chi connectivity index (χ0n) is 15.0. The molecule has 27 heavy (non-hydrogen) atoms. The molecule has 2 aromatic rings. The third kappa shape index (κ3) is 4.25. The van der Waals surface area contributed by atoms with E-state index in [0.717, 1.165) is 19.0 Å². The molecule has 1 fully saturated rings. The normalized spacial score (nSPS) is 23.1. The number of hydrogen-bond acceptors (Lipinski definition) is 2. The number of halogens is 3. The van der Waals surface area contributed by atoms with Crippen molar-refractivity contribution in [2.24, 2.45) is 0 Å². The minimum atomic E-state index is -4.30. The third-order valence-corrected chi connectivity index (χ3v) is 5.31. The molecular weight excluding hydrogens is 351 g/mol. The average molecular weight is 373 g/mol.